The molecule has 0 atom stereocenters. The molecule has 0 aliphatic carbocycles. The fraction of sp³-hybridized carbons (Fsp3) is 0.500. The predicted molar refractivity (Wildman–Crippen MR) is 78.4 cm³/mol. The molecule has 1 fully saturated rings. The van der Waals surface area contributed by atoms with E-state index in [-0.39, 0.29) is 23.3 Å². The molecule has 1 saturated heterocycles. The highest BCUT2D eigenvalue weighted by Gasteiger charge is 2.21. The van der Waals surface area contributed by atoms with E-state index in [4.69, 9.17) is 0 Å². The van der Waals surface area contributed by atoms with Crippen molar-refractivity contribution in [2.24, 2.45) is 0 Å². The Hall–Kier alpha value is -1.44. The maximum absolute atomic E-state index is 12.3. The van der Waals surface area contributed by atoms with E-state index in [0.717, 1.165) is 31.5 Å². The average molecular weight is 312 g/mol. The molecule has 0 spiro atoms. The number of hydrogen-bond acceptors (Lipinski definition) is 5. The van der Waals surface area contributed by atoms with Crippen molar-refractivity contribution in [3.8, 4) is 0 Å². The maximum Gasteiger partial charge on any atom is 0.309 e. The van der Waals surface area contributed by atoms with Crippen LogP contribution in [0.25, 0.3) is 0 Å². The van der Waals surface area contributed by atoms with Crippen LogP contribution in [-0.4, -0.2) is 40.6 Å². The van der Waals surface area contributed by atoms with Crippen molar-refractivity contribution in [2.75, 3.05) is 20.2 Å². The van der Waals surface area contributed by atoms with Gasteiger partial charge in [0, 0.05) is 6.04 Å². The van der Waals surface area contributed by atoms with Gasteiger partial charge in [0.05, 0.1) is 18.4 Å². The van der Waals surface area contributed by atoms with Crippen LogP contribution in [0.5, 0.6) is 0 Å². The number of carbonyl (C=O) groups excluding carboxylic acids is 1. The van der Waals surface area contributed by atoms with Gasteiger partial charge in [0.1, 0.15) is 0 Å². The Morgan fingerprint density at radius 3 is 2.48 bits per heavy atom. The molecule has 0 amide bonds. The van der Waals surface area contributed by atoms with E-state index in [9.17, 15) is 13.2 Å². The van der Waals surface area contributed by atoms with Gasteiger partial charge in [-0.05, 0) is 43.6 Å². The Labute approximate surface area is 124 Å². The molecule has 1 aromatic rings. The molecule has 1 aromatic carbocycles. The molecule has 1 heterocycles. The summed E-state index contributed by atoms with van der Waals surface area (Å²) in [6, 6.07) is 6.27. The highest BCUT2D eigenvalue weighted by Crippen LogP contribution is 2.14. The van der Waals surface area contributed by atoms with E-state index in [2.05, 4.69) is 14.8 Å². The van der Waals surface area contributed by atoms with Crippen LogP contribution in [0.2, 0.25) is 0 Å². The molecule has 7 heteroatoms. The van der Waals surface area contributed by atoms with Gasteiger partial charge in [-0.2, -0.15) is 0 Å². The number of rotatable bonds is 5. The van der Waals surface area contributed by atoms with Crippen LogP contribution in [0.3, 0.4) is 0 Å². The van der Waals surface area contributed by atoms with Crippen LogP contribution in [-0.2, 0) is 26.0 Å². The summed E-state index contributed by atoms with van der Waals surface area (Å²) in [6.07, 6.45) is 1.72. The standard InChI is InChI=1S/C14H20N2O4S/c1-20-14(17)10-11-2-4-13(5-3-11)21(18,19)16-12-6-8-15-9-7-12/h2-5,12,15-16H,6-10H2,1H3. The first-order valence-electron chi connectivity index (χ1n) is 6.90. The quantitative estimate of drug-likeness (QED) is 0.770. The lowest BCUT2D eigenvalue weighted by Crippen LogP contribution is -2.42. The minimum Gasteiger partial charge on any atom is -0.469 e. The highest BCUT2D eigenvalue weighted by molar-refractivity contribution is 7.89. The van der Waals surface area contributed by atoms with Crippen LogP contribution in [0.4, 0.5) is 0 Å². The van der Waals surface area contributed by atoms with Crippen molar-refractivity contribution in [1.29, 1.82) is 0 Å². The first-order valence-corrected chi connectivity index (χ1v) is 8.38. The average Bonchev–Trinajstić information content (AvgIpc) is 2.48. The van der Waals surface area contributed by atoms with Crippen molar-refractivity contribution in [3.05, 3.63) is 29.8 Å². The van der Waals surface area contributed by atoms with Crippen LogP contribution in [0.15, 0.2) is 29.2 Å². The van der Waals surface area contributed by atoms with E-state index in [1.165, 1.54) is 19.2 Å². The molecule has 2 rings (SSSR count). The second-order valence-electron chi connectivity index (χ2n) is 5.04. The van der Waals surface area contributed by atoms with Crippen LogP contribution >= 0.6 is 0 Å². The molecular formula is C14H20N2O4S. The zero-order chi connectivity index (χ0) is 15.3. The minimum absolute atomic E-state index is 0.0222. The van der Waals surface area contributed by atoms with E-state index in [1.807, 2.05) is 0 Å². The number of sulfonamides is 1. The van der Waals surface area contributed by atoms with E-state index in [0.29, 0.717) is 0 Å². The zero-order valence-electron chi connectivity index (χ0n) is 12.0. The number of benzene rings is 1. The van der Waals surface area contributed by atoms with Gasteiger partial charge < -0.3 is 10.1 Å². The SMILES string of the molecule is COC(=O)Cc1ccc(S(=O)(=O)NC2CCNCC2)cc1. The Kier molecular flexibility index (Phi) is 5.33. The van der Waals surface area contributed by atoms with Gasteiger partial charge in [0.15, 0.2) is 0 Å². The minimum atomic E-state index is -3.50. The number of esters is 1. The number of methoxy groups -OCH3 is 1. The molecule has 1 aliphatic rings. The number of carbonyl (C=O) groups is 1. The second kappa shape index (κ2) is 7.02. The number of nitrogens with one attached hydrogen (secondary N) is 2. The van der Waals surface area contributed by atoms with Crippen LogP contribution < -0.4 is 10.0 Å². The highest BCUT2D eigenvalue weighted by atomic mass is 32.2. The van der Waals surface area contributed by atoms with Gasteiger partial charge in [-0.1, -0.05) is 12.1 Å². The summed E-state index contributed by atoms with van der Waals surface area (Å²) >= 11 is 0. The van der Waals surface area contributed by atoms with Crippen molar-refractivity contribution >= 4 is 16.0 Å². The summed E-state index contributed by atoms with van der Waals surface area (Å²) in [5.41, 5.74) is 0.725. The van der Waals surface area contributed by atoms with Crippen molar-refractivity contribution in [1.82, 2.24) is 10.0 Å². The second-order valence-corrected chi connectivity index (χ2v) is 6.76. The molecular weight excluding hydrogens is 292 g/mol. The van der Waals surface area contributed by atoms with E-state index >= 15 is 0 Å². The molecule has 1 aliphatic heterocycles. The molecule has 0 saturated carbocycles. The van der Waals surface area contributed by atoms with Gasteiger partial charge in [-0.3, -0.25) is 4.79 Å². The maximum atomic E-state index is 12.3. The third-order valence-corrected chi connectivity index (χ3v) is 5.01. The number of hydrogen-bond donors (Lipinski definition) is 2. The predicted octanol–water partition coefficient (Wildman–Crippen LogP) is 0.432. The normalized spacial score (nSPS) is 16.6. The zero-order valence-corrected chi connectivity index (χ0v) is 12.8. The molecule has 0 unspecified atom stereocenters. The van der Waals surface area contributed by atoms with Crippen LogP contribution in [0.1, 0.15) is 18.4 Å². The number of piperidine rings is 1. The Bertz CT molecular complexity index is 577. The van der Waals surface area contributed by atoms with E-state index in [1.54, 1.807) is 12.1 Å². The first kappa shape index (κ1) is 15.9. The van der Waals surface area contributed by atoms with Gasteiger partial charge in [-0.15, -0.1) is 0 Å². The molecule has 21 heavy (non-hydrogen) atoms. The monoisotopic (exact) mass is 312 g/mol. The number of ether oxygens (including phenoxy) is 1. The third-order valence-electron chi connectivity index (χ3n) is 3.47. The molecule has 0 aromatic heterocycles. The van der Waals surface area contributed by atoms with Gasteiger partial charge >= 0.3 is 5.97 Å². The van der Waals surface area contributed by atoms with Gasteiger partial charge in [-0.25, -0.2) is 13.1 Å². The summed E-state index contributed by atoms with van der Waals surface area (Å²) in [7, 11) is -2.18. The Morgan fingerprint density at radius 1 is 1.29 bits per heavy atom. The lowest BCUT2D eigenvalue weighted by molar-refractivity contribution is -0.139. The fourth-order valence-corrected chi connectivity index (χ4v) is 3.56. The van der Waals surface area contributed by atoms with E-state index < -0.39 is 10.0 Å². The first-order chi connectivity index (χ1) is 10.0. The Balaban J connectivity index is 2.04. The third kappa shape index (κ3) is 4.52. The molecule has 0 bridgehead atoms. The summed E-state index contributed by atoms with van der Waals surface area (Å²) in [5, 5.41) is 3.19. The topological polar surface area (TPSA) is 84.5 Å². The summed E-state index contributed by atoms with van der Waals surface area (Å²) in [6.45, 7) is 1.65. The van der Waals surface area contributed by atoms with Crippen molar-refractivity contribution in [3.63, 3.8) is 0 Å². The Morgan fingerprint density at radius 2 is 1.90 bits per heavy atom. The van der Waals surface area contributed by atoms with Crippen molar-refractivity contribution < 1.29 is 17.9 Å². The molecule has 0 radical (unpaired) electrons. The largest absolute Gasteiger partial charge is 0.469 e. The van der Waals surface area contributed by atoms with Crippen LogP contribution in [0, 0.1) is 0 Å². The van der Waals surface area contributed by atoms with Gasteiger partial charge in [0.25, 0.3) is 0 Å². The molecule has 6 nitrogen and oxygen atoms in total. The van der Waals surface area contributed by atoms with Gasteiger partial charge in [0.2, 0.25) is 10.0 Å². The molecule has 2 N–H and O–H groups in total. The lowest BCUT2D eigenvalue weighted by Gasteiger charge is -2.23. The molecule has 116 valence electrons. The smallest absolute Gasteiger partial charge is 0.309 e. The summed E-state index contributed by atoms with van der Waals surface area (Å²) in [5.74, 6) is -0.349. The summed E-state index contributed by atoms with van der Waals surface area (Å²) in [4.78, 5) is 11.4. The lowest BCUT2D eigenvalue weighted by atomic mass is 10.1. The summed E-state index contributed by atoms with van der Waals surface area (Å²) < 4.78 is 31.8. The fourth-order valence-electron chi connectivity index (χ4n) is 2.25. The van der Waals surface area contributed by atoms with Crippen molar-refractivity contribution in [2.45, 2.75) is 30.2 Å².